The quantitative estimate of drug-likeness (QED) is 0.869. The summed E-state index contributed by atoms with van der Waals surface area (Å²) in [5.74, 6) is 0. The number of halogens is 2. The molecule has 1 N–H and O–H groups in total. The Labute approximate surface area is 123 Å². The van der Waals surface area contributed by atoms with Gasteiger partial charge in [0.2, 0.25) is 0 Å². The molecule has 0 amide bonds. The zero-order valence-electron chi connectivity index (χ0n) is 11.0. The number of hydrogen-bond donors (Lipinski definition) is 1. The highest BCUT2D eigenvalue weighted by Gasteiger charge is 2.15. The van der Waals surface area contributed by atoms with Gasteiger partial charge in [0, 0.05) is 15.5 Å². The first-order chi connectivity index (χ1) is 8.56. The van der Waals surface area contributed by atoms with Crippen LogP contribution in [-0.2, 0) is 0 Å². The molecule has 0 aromatic heterocycles. The Hall–Kier alpha value is -0.250. The van der Waals surface area contributed by atoms with E-state index in [1.165, 1.54) is 25.8 Å². The Bertz CT molecular complexity index is 423. The highest BCUT2D eigenvalue weighted by atomic mass is 79.9. The van der Waals surface area contributed by atoms with Crippen LogP contribution in [0.3, 0.4) is 0 Å². The standard InChI is InChI=1S/C14H20BrClN2/c1-10-8-12(15)14(9-13(10)16)17-11-4-3-6-18(2)7-5-11/h8-9,11,17H,3-7H2,1-2H3. The van der Waals surface area contributed by atoms with E-state index in [1.807, 2.05) is 13.0 Å². The average Bonchev–Trinajstić information content (AvgIpc) is 2.51. The topological polar surface area (TPSA) is 15.3 Å². The van der Waals surface area contributed by atoms with E-state index >= 15 is 0 Å². The van der Waals surface area contributed by atoms with Gasteiger partial charge < -0.3 is 10.2 Å². The molecule has 1 aromatic rings. The predicted molar refractivity (Wildman–Crippen MR) is 82.6 cm³/mol. The maximum atomic E-state index is 6.19. The average molecular weight is 332 g/mol. The van der Waals surface area contributed by atoms with Crippen LogP contribution in [-0.4, -0.2) is 31.1 Å². The first-order valence-corrected chi connectivity index (χ1v) is 7.64. The molecule has 4 heteroatoms. The number of anilines is 1. The van der Waals surface area contributed by atoms with E-state index < -0.39 is 0 Å². The van der Waals surface area contributed by atoms with Crippen molar-refractivity contribution in [3.63, 3.8) is 0 Å². The molecule has 100 valence electrons. The molecule has 1 aliphatic rings. The molecule has 18 heavy (non-hydrogen) atoms. The van der Waals surface area contributed by atoms with Crippen molar-refractivity contribution in [2.75, 3.05) is 25.5 Å². The van der Waals surface area contributed by atoms with Crippen LogP contribution in [0.4, 0.5) is 5.69 Å². The van der Waals surface area contributed by atoms with Gasteiger partial charge in [0.05, 0.1) is 5.69 Å². The Kier molecular flexibility index (Phi) is 4.93. The van der Waals surface area contributed by atoms with Crippen LogP contribution in [0.25, 0.3) is 0 Å². The third kappa shape index (κ3) is 3.62. The molecule has 1 saturated heterocycles. The van der Waals surface area contributed by atoms with Gasteiger partial charge >= 0.3 is 0 Å². The van der Waals surface area contributed by atoms with Crippen molar-refractivity contribution in [1.82, 2.24) is 4.90 Å². The van der Waals surface area contributed by atoms with Crippen molar-refractivity contribution in [3.8, 4) is 0 Å². The third-order valence-electron chi connectivity index (χ3n) is 3.56. The maximum Gasteiger partial charge on any atom is 0.0501 e. The first kappa shape index (κ1) is 14.2. The normalized spacial score (nSPS) is 21.7. The summed E-state index contributed by atoms with van der Waals surface area (Å²) in [5.41, 5.74) is 2.22. The Morgan fingerprint density at radius 3 is 2.89 bits per heavy atom. The number of nitrogens with one attached hydrogen (secondary N) is 1. The highest BCUT2D eigenvalue weighted by molar-refractivity contribution is 9.10. The van der Waals surface area contributed by atoms with Crippen molar-refractivity contribution in [2.45, 2.75) is 32.2 Å². The zero-order valence-corrected chi connectivity index (χ0v) is 13.3. The summed E-state index contributed by atoms with van der Waals surface area (Å²) < 4.78 is 1.10. The Morgan fingerprint density at radius 1 is 1.33 bits per heavy atom. The molecule has 0 radical (unpaired) electrons. The monoisotopic (exact) mass is 330 g/mol. The second-order valence-electron chi connectivity index (χ2n) is 5.16. The summed E-state index contributed by atoms with van der Waals surface area (Å²) >= 11 is 9.80. The number of rotatable bonds is 2. The van der Waals surface area contributed by atoms with Gasteiger partial charge in [-0.1, -0.05) is 11.6 Å². The van der Waals surface area contributed by atoms with Crippen LogP contribution in [0.1, 0.15) is 24.8 Å². The summed E-state index contributed by atoms with van der Waals surface area (Å²) in [5, 5.41) is 4.45. The molecule has 1 unspecified atom stereocenters. The molecule has 1 atom stereocenters. The van der Waals surface area contributed by atoms with Crippen molar-refractivity contribution < 1.29 is 0 Å². The zero-order chi connectivity index (χ0) is 13.1. The Balaban J connectivity index is 2.06. The summed E-state index contributed by atoms with van der Waals surface area (Å²) in [6.07, 6.45) is 3.67. The van der Waals surface area contributed by atoms with Gasteiger partial charge in [-0.25, -0.2) is 0 Å². The van der Waals surface area contributed by atoms with E-state index in [1.54, 1.807) is 0 Å². The fourth-order valence-electron chi connectivity index (χ4n) is 2.36. The molecule has 1 aromatic carbocycles. The van der Waals surface area contributed by atoms with Crippen LogP contribution < -0.4 is 5.32 Å². The van der Waals surface area contributed by atoms with Crippen LogP contribution in [0, 0.1) is 6.92 Å². The van der Waals surface area contributed by atoms with E-state index in [4.69, 9.17) is 11.6 Å². The van der Waals surface area contributed by atoms with Crippen LogP contribution in [0.5, 0.6) is 0 Å². The SMILES string of the molecule is Cc1cc(Br)c(NC2CCCN(C)CC2)cc1Cl. The van der Waals surface area contributed by atoms with Gasteiger partial charge in [0.25, 0.3) is 0 Å². The lowest BCUT2D eigenvalue weighted by Gasteiger charge is -2.19. The number of likely N-dealkylation sites (tertiary alicyclic amines) is 1. The second-order valence-corrected chi connectivity index (χ2v) is 6.42. The van der Waals surface area contributed by atoms with Crippen molar-refractivity contribution >= 4 is 33.2 Å². The number of aryl methyl sites for hydroxylation is 1. The smallest absolute Gasteiger partial charge is 0.0501 e. The molecule has 0 aliphatic carbocycles. The molecule has 0 saturated carbocycles. The fourth-order valence-corrected chi connectivity index (χ4v) is 3.10. The molecule has 0 bridgehead atoms. The lowest BCUT2D eigenvalue weighted by molar-refractivity contribution is 0.348. The van der Waals surface area contributed by atoms with Gasteiger partial charge in [-0.2, -0.15) is 0 Å². The summed E-state index contributed by atoms with van der Waals surface area (Å²) in [7, 11) is 2.20. The van der Waals surface area contributed by atoms with Gasteiger partial charge in [0.15, 0.2) is 0 Å². The van der Waals surface area contributed by atoms with Gasteiger partial charge in [-0.15, -0.1) is 0 Å². The van der Waals surface area contributed by atoms with Crippen LogP contribution >= 0.6 is 27.5 Å². The van der Waals surface area contributed by atoms with Gasteiger partial charge in [0.1, 0.15) is 0 Å². The minimum absolute atomic E-state index is 0.546. The highest BCUT2D eigenvalue weighted by Crippen LogP contribution is 2.30. The van der Waals surface area contributed by atoms with E-state index in [9.17, 15) is 0 Å². The second kappa shape index (κ2) is 6.27. The molecule has 1 fully saturated rings. The third-order valence-corrected chi connectivity index (χ3v) is 4.62. The number of nitrogens with zero attached hydrogens (tertiary/aromatic N) is 1. The van der Waals surface area contributed by atoms with E-state index in [0.717, 1.165) is 27.3 Å². The number of benzene rings is 1. The van der Waals surface area contributed by atoms with Crippen molar-refractivity contribution in [1.29, 1.82) is 0 Å². The maximum absolute atomic E-state index is 6.19. The van der Waals surface area contributed by atoms with Gasteiger partial charge in [-0.3, -0.25) is 0 Å². The molecule has 0 spiro atoms. The van der Waals surface area contributed by atoms with Gasteiger partial charge in [-0.05, 0) is 79.9 Å². The summed E-state index contributed by atoms with van der Waals surface area (Å²) in [6, 6.07) is 4.65. The fraction of sp³-hybridized carbons (Fsp3) is 0.571. The molecule has 2 rings (SSSR count). The van der Waals surface area contributed by atoms with Crippen molar-refractivity contribution in [3.05, 3.63) is 27.2 Å². The minimum Gasteiger partial charge on any atom is -0.381 e. The molecular weight excluding hydrogens is 312 g/mol. The van der Waals surface area contributed by atoms with E-state index in [2.05, 4.69) is 39.3 Å². The largest absolute Gasteiger partial charge is 0.381 e. The Morgan fingerprint density at radius 2 is 2.11 bits per heavy atom. The molecule has 2 nitrogen and oxygen atoms in total. The lowest BCUT2D eigenvalue weighted by atomic mass is 10.1. The van der Waals surface area contributed by atoms with Crippen LogP contribution in [0.15, 0.2) is 16.6 Å². The molecule has 1 heterocycles. The predicted octanol–water partition coefficient (Wildman–Crippen LogP) is 4.31. The summed E-state index contributed by atoms with van der Waals surface area (Å²) in [6.45, 7) is 4.39. The van der Waals surface area contributed by atoms with E-state index in [0.29, 0.717) is 6.04 Å². The first-order valence-electron chi connectivity index (χ1n) is 6.47. The minimum atomic E-state index is 0.546. The molecule has 1 aliphatic heterocycles. The lowest BCUT2D eigenvalue weighted by Crippen LogP contribution is -2.23. The van der Waals surface area contributed by atoms with Crippen molar-refractivity contribution in [2.24, 2.45) is 0 Å². The van der Waals surface area contributed by atoms with E-state index in [-0.39, 0.29) is 0 Å². The summed E-state index contributed by atoms with van der Waals surface area (Å²) in [4.78, 5) is 2.40. The van der Waals surface area contributed by atoms with Crippen LogP contribution in [0.2, 0.25) is 5.02 Å². The molecular formula is C14H20BrClN2. The number of hydrogen-bond acceptors (Lipinski definition) is 2.